The van der Waals surface area contributed by atoms with Crippen LogP contribution < -0.4 is 11.1 Å². The number of amides is 2. The first kappa shape index (κ1) is 15.8. The van der Waals surface area contributed by atoms with Crippen molar-refractivity contribution in [1.82, 2.24) is 5.32 Å². The second kappa shape index (κ2) is 6.06. The van der Waals surface area contributed by atoms with Crippen molar-refractivity contribution < 1.29 is 9.59 Å². The van der Waals surface area contributed by atoms with Gasteiger partial charge < -0.3 is 11.1 Å². The Morgan fingerprint density at radius 2 is 1.86 bits per heavy atom. The van der Waals surface area contributed by atoms with Gasteiger partial charge in [-0.3, -0.25) is 9.59 Å². The largest absolute Gasteiger partial charge is 0.368 e. The second-order valence-corrected chi connectivity index (χ2v) is 6.08. The van der Waals surface area contributed by atoms with Gasteiger partial charge in [0, 0.05) is 10.9 Å². The van der Waals surface area contributed by atoms with Gasteiger partial charge in [0.1, 0.15) is 5.54 Å². The third-order valence-corrected chi connectivity index (χ3v) is 4.72. The third kappa shape index (κ3) is 3.21. The molecule has 0 saturated heterocycles. The molecule has 0 aliphatic heterocycles. The van der Waals surface area contributed by atoms with Crippen LogP contribution in [0, 0.1) is 5.92 Å². The van der Waals surface area contributed by atoms with Crippen LogP contribution in [0.4, 0.5) is 0 Å². The Hall–Kier alpha value is -1.55. The SMILES string of the molecule is CCC(CC)(NC(=O)[C@@H]1C[C@H]1c1ccc(Cl)cc1)C(N)=O. The van der Waals surface area contributed by atoms with Crippen molar-refractivity contribution in [3.05, 3.63) is 34.9 Å². The lowest BCUT2D eigenvalue weighted by atomic mass is 9.91. The molecule has 4 nitrogen and oxygen atoms in total. The van der Waals surface area contributed by atoms with Crippen molar-refractivity contribution >= 4 is 23.4 Å². The van der Waals surface area contributed by atoms with Crippen LogP contribution in [0.5, 0.6) is 0 Å². The lowest BCUT2D eigenvalue weighted by Gasteiger charge is -2.29. The van der Waals surface area contributed by atoms with E-state index in [0.29, 0.717) is 17.9 Å². The number of nitrogens with one attached hydrogen (secondary N) is 1. The molecule has 1 aromatic rings. The summed E-state index contributed by atoms with van der Waals surface area (Å²) in [6.07, 6.45) is 1.81. The summed E-state index contributed by atoms with van der Waals surface area (Å²) < 4.78 is 0. The lowest BCUT2D eigenvalue weighted by molar-refractivity contribution is -0.132. The molecule has 3 N–H and O–H groups in total. The molecule has 21 heavy (non-hydrogen) atoms. The Labute approximate surface area is 130 Å². The van der Waals surface area contributed by atoms with E-state index < -0.39 is 11.4 Å². The molecule has 0 spiro atoms. The highest BCUT2D eigenvalue weighted by Crippen LogP contribution is 2.48. The highest BCUT2D eigenvalue weighted by Gasteiger charge is 2.46. The first-order valence-corrected chi connectivity index (χ1v) is 7.68. The minimum absolute atomic E-state index is 0.0806. The summed E-state index contributed by atoms with van der Waals surface area (Å²) in [4.78, 5) is 24.0. The van der Waals surface area contributed by atoms with E-state index in [2.05, 4.69) is 5.32 Å². The maximum absolute atomic E-state index is 12.3. The van der Waals surface area contributed by atoms with Crippen LogP contribution in [0.25, 0.3) is 0 Å². The highest BCUT2D eigenvalue weighted by molar-refractivity contribution is 6.30. The normalized spacial score (nSPS) is 20.9. The molecule has 1 aliphatic rings. The molecule has 114 valence electrons. The number of hydrogen-bond acceptors (Lipinski definition) is 2. The monoisotopic (exact) mass is 308 g/mol. The summed E-state index contributed by atoms with van der Waals surface area (Å²) in [5.74, 6) is -0.424. The van der Waals surface area contributed by atoms with Crippen molar-refractivity contribution in [2.75, 3.05) is 0 Å². The molecule has 2 atom stereocenters. The molecule has 1 saturated carbocycles. The Morgan fingerprint density at radius 3 is 2.33 bits per heavy atom. The van der Waals surface area contributed by atoms with Crippen molar-refractivity contribution in [3.8, 4) is 0 Å². The van der Waals surface area contributed by atoms with Gasteiger partial charge >= 0.3 is 0 Å². The molecule has 1 aliphatic carbocycles. The van der Waals surface area contributed by atoms with E-state index in [1.807, 2.05) is 38.1 Å². The summed E-state index contributed by atoms with van der Waals surface area (Å²) in [6.45, 7) is 3.72. The van der Waals surface area contributed by atoms with Gasteiger partial charge in [-0.05, 0) is 42.9 Å². The van der Waals surface area contributed by atoms with E-state index in [0.717, 1.165) is 12.0 Å². The smallest absolute Gasteiger partial charge is 0.243 e. The molecule has 1 aromatic carbocycles. The van der Waals surface area contributed by atoms with Crippen LogP contribution >= 0.6 is 11.6 Å². The lowest BCUT2D eigenvalue weighted by Crippen LogP contribution is -2.57. The Kier molecular flexibility index (Phi) is 4.57. The second-order valence-electron chi connectivity index (χ2n) is 5.64. The fraction of sp³-hybridized carbons (Fsp3) is 0.500. The Balaban J connectivity index is 2.03. The van der Waals surface area contributed by atoms with Gasteiger partial charge in [-0.2, -0.15) is 0 Å². The zero-order chi connectivity index (χ0) is 15.6. The van der Waals surface area contributed by atoms with Crippen LogP contribution in [-0.4, -0.2) is 17.4 Å². The zero-order valence-corrected chi connectivity index (χ0v) is 13.1. The van der Waals surface area contributed by atoms with Crippen LogP contribution in [0.15, 0.2) is 24.3 Å². The molecular weight excluding hydrogens is 288 g/mol. The first-order chi connectivity index (χ1) is 9.93. The minimum atomic E-state index is -0.926. The molecule has 2 rings (SSSR count). The summed E-state index contributed by atoms with van der Waals surface area (Å²) >= 11 is 5.86. The first-order valence-electron chi connectivity index (χ1n) is 7.31. The van der Waals surface area contributed by atoms with Gasteiger partial charge in [0.15, 0.2) is 0 Å². The van der Waals surface area contributed by atoms with Gasteiger partial charge in [-0.25, -0.2) is 0 Å². The van der Waals surface area contributed by atoms with Gasteiger partial charge in [0.05, 0.1) is 0 Å². The molecule has 5 heteroatoms. The minimum Gasteiger partial charge on any atom is -0.368 e. The van der Waals surface area contributed by atoms with E-state index in [-0.39, 0.29) is 17.7 Å². The highest BCUT2D eigenvalue weighted by atomic mass is 35.5. The fourth-order valence-electron chi connectivity index (χ4n) is 2.73. The number of hydrogen-bond donors (Lipinski definition) is 2. The van der Waals surface area contributed by atoms with E-state index in [9.17, 15) is 9.59 Å². The molecule has 0 heterocycles. The van der Waals surface area contributed by atoms with Gasteiger partial charge in [0.25, 0.3) is 0 Å². The van der Waals surface area contributed by atoms with Crippen molar-refractivity contribution in [2.24, 2.45) is 11.7 Å². The van der Waals surface area contributed by atoms with E-state index in [1.54, 1.807) is 0 Å². The van der Waals surface area contributed by atoms with Gasteiger partial charge in [0.2, 0.25) is 11.8 Å². The molecule has 0 bridgehead atoms. The molecule has 1 fully saturated rings. The van der Waals surface area contributed by atoms with Crippen molar-refractivity contribution in [3.63, 3.8) is 0 Å². The van der Waals surface area contributed by atoms with E-state index >= 15 is 0 Å². The molecule has 0 radical (unpaired) electrons. The maximum atomic E-state index is 12.3. The van der Waals surface area contributed by atoms with Gasteiger partial charge in [-0.1, -0.05) is 37.6 Å². The number of primary amides is 1. The number of benzene rings is 1. The summed E-state index contributed by atoms with van der Waals surface area (Å²) in [7, 11) is 0. The summed E-state index contributed by atoms with van der Waals surface area (Å²) in [6, 6.07) is 7.55. The standard InChI is InChI=1S/C16H21ClN2O2/c1-3-16(4-2,15(18)21)19-14(20)13-9-12(13)10-5-7-11(17)8-6-10/h5-8,12-13H,3-4,9H2,1-2H3,(H2,18,21)(H,19,20)/t12-,13+/m0/s1. The quantitative estimate of drug-likeness (QED) is 0.848. The average Bonchev–Trinajstić information content (AvgIpc) is 3.25. The predicted molar refractivity (Wildman–Crippen MR) is 83.0 cm³/mol. The topological polar surface area (TPSA) is 72.2 Å². The molecule has 0 unspecified atom stereocenters. The zero-order valence-electron chi connectivity index (χ0n) is 12.4. The summed E-state index contributed by atoms with van der Waals surface area (Å²) in [5, 5.41) is 3.55. The van der Waals surface area contributed by atoms with Crippen LogP contribution in [0.2, 0.25) is 5.02 Å². The molecule has 2 amide bonds. The molecular formula is C16H21ClN2O2. The predicted octanol–water partition coefficient (Wildman–Crippen LogP) is 2.60. The third-order valence-electron chi connectivity index (χ3n) is 4.47. The molecule has 0 aromatic heterocycles. The number of rotatable bonds is 6. The Bertz CT molecular complexity index is 538. The van der Waals surface area contributed by atoms with Crippen LogP contribution in [0.3, 0.4) is 0 Å². The number of carbonyl (C=O) groups is 2. The van der Waals surface area contributed by atoms with Crippen molar-refractivity contribution in [2.45, 2.75) is 44.6 Å². The van der Waals surface area contributed by atoms with E-state index in [1.165, 1.54) is 0 Å². The summed E-state index contributed by atoms with van der Waals surface area (Å²) in [5.41, 5.74) is 5.64. The number of nitrogens with two attached hydrogens (primary N) is 1. The Morgan fingerprint density at radius 1 is 1.29 bits per heavy atom. The number of halogens is 1. The van der Waals surface area contributed by atoms with Crippen LogP contribution in [-0.2, 0) is 9.59 Å². The van der Waals surface area contributed by atoms with Gasteiger partial charge in [-0.15, -0.1) is 0 Å². The van der Waals surface area contributed by atoms with Crippen molar-refractivity contribution in [1.29, 1.82) is 0 Å². The maximum Gasteiger partial charge on any atom is 0.243 e. The average molecular weight is 309 g/mol. The fourth-order valence-corrected chi connectivity index (χ4v) is 2.85. The van der Waals surface area contributed by atoms with Crippen LogP contribution in [0.1, 0.15) is 44.6 Å². The van der Waals surface area contributed by atoms with E-state index in [4.69, 9.17) is 17.3 Å². The number of carbonyl (C=O) groups excluding carboxylic acids is 2.